The quantitative estimate of drug-likeness (QED) is 0.172. The fraction of sp³-hybridized carbons (Fsp3) is 0.667. The second kappa shape index (κ2) is 5.26. The Bertz CT molecular complexity index is 462. The predicted octanol–water partition coefficient (Wildman–Crippen LogP) is 0.525. The van der Waals surface area contributed by atoms with Gasteiger partial charge in [-0.05, 0) is 19.3 Å². The fourth-order valence-corrected chi connectivity index (χ4v) is 2.47. The van der Waals surface area contributed by atoms with Crippen molar-refractivity contribution in [3.8, 4) is 0 Å². The minimum Gasteiger partial charge on any atom is -0.409 e. The highest BCUT2D eigenvalue weighted by atomic mass is 32.2. The highest BCUT2D eigenvalue weighted by molar-refractivity contribution is 7.99. The number of hydrogen-bond donors (Lipinski definition) is 3. The van der Waals surface area contributed by atoms with Gasteiger partial charge in [-0.25, -0.2) is 9.89 Å². The average molecular weight is 257 g/mol. The van der Waals surface area contributed by atoms with Crippen LogP contribution >= 0.6 is 11.8 Å². The Kier molecular flexibility index (Phi) is 3.72. The normalized spacial score (nSPS) is 16.4. The van der Waals surface area contributed by atoms with Crippen LogP contribution in [0.15, 0.2) is 15.1 Å². The molecule has 1 aromatic rings. The summed E-state index contributed by atoms with van der Waals surface area (Å²) in [5, 5.41) is 18.5. The second-order valence-electron chi connectivity index (χ2n) is 3.96. The summed E-state index contributed by atoms with van der Waals surface area (Å²) < 4.78 is 1.72. The van der Waals surface area contributed by atoms with Crippen molar-refractivity contribution in [3.05, 3.63) is 10.5 Å². The van der Waals surface area contributed by atoms with Crippen LogP contribution in [0.4, 0.5) is 0 Å². The molecule has 1 aliphatic carbocycles. The molecule has 94 valence electrons. The van der Waals surface area contributed by atoms with Crippen LogP contribution < -0.4 is 11.4 Å². The number of nitrogens with zero attached hydrogens (tertiary/aromatic N) is 3. The van der Waals surface area contributed by atoms with E-state index in [0.717, 1.165) is 30.2 Å². The molecule has 8 heteroatoms. The fourth-order valence-electron chi connectivity index (χ4n) is 1.51. The van der Waals surface area contributed by atoms with Crippen molar-refractivity contribution in [2.75, 3.05) is 5.75 Å². The lowest BCUT2D eigenvalue weighted by Gasteiger charge is -2.02. The Morgan fingerprint density at radius 1 is 1.71 bits per heavy atom. The Hall–Kier alpha value is -1.44. The van der Waals surface area contributed by atoms with Gasteiger partial charge in [0.1, 0.15) is 5.84 Å². The van der Waals surface area contributed by atoms with E-state index in [4.69, 9.17) is 10.9 Å². The van der Waals surface area contributed by atoms with Gasteiger partial charge in [-0.3, -0.25) is 4.57 Å². The smallest absolute Gasteiger partial charge is 0.344 e. The Labute approximate surface area is 102 Å². The first-order chi connectivity index (χ1) is 8.22. The van der Waals surface area contributed by atoms with E-state index >= 15 is 0 Å². The molecule has 1 aromatic heterocycles. The van der Waals surface area contributed by atoms with Gasteiger partial charge in [-0.1, -0.05) is 16.9 Å². The highest BCUT2D eigenvalue weighted by Crippen LogP contribution is 2.36. The molecule has 1 heterocycles. The van der Waals surface area contributed by atoms with E-state index in [1.54, 1.807) is 4.57 Å². The lowest BCUT2D eigenvalue weighted by Crippen LogP contribution is -2.16. The first-order valence-electron chi connectivity index (χ1n) is 5.48. The van der Waals surface area contributed by atoms with Gasteiger partial charge >= 0.3 is 5.69 Å². The molecule has 2 rings (SSSR count). The number of aromatic nitrogens is 3. The monoisotopic (exact) mass is 257 g/mol. The van der Waals surface area contributed by atoms with Crippen molar-refractivity contribution in [1.82, 2.24) is 14.8 Å². The molecule has 1 saturated carbocycles. The number of aromatic amines is 1. The maximum absolute atomic E-state index is 11.5. The number of H-pyrrole nitrogens is 1. The van der Waals surface area contributed by atoms with Crippen LogP contribution in [0.2, 0.25) is 0 Å². The number of amidine groups is 1. The molecule has 0 spiro atoms. The van der Waals surface area contributed by atoms with E-state index < -0.39 is 0 Å². The SMILES string of the molecule is NC(CCCSc1n[nH]c(=O)n1C1CC1)=NO. The molecule has 17 heavy (non-hydrogen) atoms. The Balaban J connectivity index is 1.85. The van der Waals surface area contributed by atoms with Crippen molar-refractivity contribution in [1.29, 1.82) is 0 Å². The van der Waals surface area contributed by atoms with Crippen LogP contribution in [0, 0.1) is 0 Å². The van der Waals surface area contributed by atoms with Crippen molar-refractivity contribution in [2.24, 2.45) is 10.9 Å². The summed E-state index contributed by atoms with van der Waals surface area (Å²) in [5.74, 6) is 1.01. The molecule has 0 unspecified atom stereocenters. The van der Waals surface area contributed by atoms with Gasteiger partial charge in [0.05, 0.1) is 0 Å². The second-order valence-corrected chi connectivity index (χ2v) is 5.02. The molecule has 4 N–H and O–H groups in total. The van der Waals surface area contributed by atoms with E-state index in [1.165, 1.54) is 11.8 Å². The Morgan fingerprint density at radius 3 is 3.12 bits per heavy atom. The molecule has 0 atom stereocenters. The van der Waals surface area contributed by atoms with Gasteiger partial charge in [-0.2, -0.15) is 0 Å². The molecule has 1 aliphatic rings. The van der Waals surface area contributed by atoms with Crippen LogP contribution in [0.3, 0.4) is 0 Å². The van der Waals surface area contributed by atoms with E-state index in [-0.39, 0.29) is 11.5 Å². The topological polar surface area (TPSA) is 109 Å². The standard InChI is InChI=1S/C9H15N5O2S/c10-7(13-16)2-1-5-17-9-12-11-8(15)14(9)6-3-4-6/h6,16H,1-5H2,(H2,10,13)(H,11,15). The highest BCUT2D eigenvalue weighted by Gasteiger charge is 2.28. The lowest BCUT2D eigenvalue weighted by molar-refractivity contribution is 0.317. The van der Waals surface area contributed by atoms with Crippen molar-refractivity contribution in [3.63, 3.8) is 0 Å². The zero-order chi connectivity index (χ0) is 12.3. The van der Waals surface area contributed by atoms with Crippen LogP contribution in [0.5, 0.6) is 0 Å². The number of thioether (sulfide) groups is 1. The molecule has 0 saturated heterocycles. The molecular weight excluding hydrogens is 242 g/mol. The summed E-state index contributed by atoms with van der Waals surface area (Å²) in [6.07, 6.45) is 3.43. The van der Waals surface area contributed by atoms with E-state index in [9.17, 15) is 4.79 Å². The first kappa shape index (κ1) is 12.0. The van der Waals surface area contributed by atoms with Crippen LogP contribution in [-0.4, -0.2) is 31.6 Å². The third kappa shape index (κ3) is 3.02. The molecule has 0 bridgehead atoms. The average Bonchev–Trinajstić information content (AvgIpc) is 3.09. The van der Waals surface area contributed by atoms with Crippen LogP contribution in [0.25, 0.3) is 0 Å². The third-order valence-corrected chi connectivity index (χ3v) is 3.56. The number of rotatable bonds is 6. The maximum Gasteiger partial charge on any atom is 0.344 e. The van der Waals surface area contributed by atoms with E-state index in [2.05, 4.69) is 15.4 Å². The molecule has 7 nitrogen and oxygen atoms in total. The zero-order valence-corrected chi connectivity index (χ0v) is 10.1. The van der Waals surface area contributed by atoms with Crippen molar-refractivity contribution < 1.29 is 5.21 Å². The first-order valence-corrected chi connectivity index (χ1v) is 6.47. The molecule has 0 amide bonds. The predicted molar refractivity (Wildman–Crippen MR) is 64.5 cm³/mol. The van der Waals surface area contributed by atoms with E-state index in [0.29, 0.717) is 12.5 Å². The number of oxime groups is 1. The van der Waals surface area contributed by atoms with Gasteiger partial charge < -0.3 is 10.9 Å². The van der Waals surface area contributed by atoms with Gasteiger partial charge in [0.2, 0.25) is 0 Å². The number of hydrogen-bond acceptors (Lipinski definition) is 5. The number of nitrogens with two attached hydrogens (primary N) is 1. The molecule has 0 radical (unpaired) electrons. The molecule has 0 aromatic carbocycles. The maximum atomic E-state index is 11.5. The van der Waals surface area contributed by atoms with Crippen LogP contribution in [-0.2, 0) is 0 Å². The van der Waals surface area contributed by atoms with Gasteiger partial charge in [0, 0.05) is 18.2 Å². The summed E-state index contributed by atoms with van der Waals surface area (Å²) >= 11 is 1.52. The van der Waals surface area contributed by atoms with Gasteiger partial charge in [-0.15, -0.1) is 5.10 Å². The molecular formula is C9H15N5O2S. The summed E-state index contributed by atoms with van der Waals surface area (Å²) in [6, 6.07) is 0.327. The Morgan fingerprint density at radius 2 is 2.47 bits per heavy atom. The minimum atomic E-state index is -0.133. The van der Waals surface area contributed by atoms with E-state index in [1.807, 2.05) is 0 Å². The summed E-state index contributed by atoms with van der Waals surface area (Å²) in [7, 11) is 0. The van der Waals surface area contributed by atoms with Crippen LogP contribution in [0.1, 0.15) is 31.7 Å². The largest absolute Gasteiger partial charge is 0.409 e. The van der Waals surface area contributed by atoms with Gasteiger partial charge in [0.25, 0.3) is 0 Å². The van der Waals surface area contributed by atoms with Crippen molar-refractivity contribution >= 4 is 17.6 Å². The summed E-state index contributed by atoms with van der Waals surface area (Å²) in [5.41, 5.74) is 5.23. The van der Waals surface area contributed by atoms with Gasteiger partial charge in [0.15, 0.2) is 5.16 Å². The third-order valence-electron chi connectivity index (χ3n) is 2.52. The summed E-state index contributed by atoms with van der Waals surface area (Å²) in [6.45, 7) is 0. The lowest BCUT2D eigenvalue weighted by atomic mass is 10.3. The molecule has 1 fully saturated rings. The minimum absolute atomic E-state index is 0.133. The summed E-state index contributed by atoms with van der Waals surface area (Å²) in [4.78, 5) is 11.5. The van der Waals surface area contributed by atoms with Crippen molar-refractivity contribution in [2.45, 2.75) is 36.9 Å². The number of nitrogens with one attached hydrogen (secondary N) is 1. The molecule has 0 aliphatic heterocycles. The zero-order valence-electron chi connectivity index (χ0n) is 9.30.